The van der Waals surface area contributed by atoms with E-state index in [1.807, 2.05) is 22.7 Å². The standard InChI is InChI=1S/C34H36N2S2/c1-3-5-17-31-29(35-33(37-31)27-13-9-7-10-14-27)23-25-19-21-26(22-20-25)24-30-32(18-6-4-2)38-34(36-30)28-15-11-8-12-16-28/h7-16,19-22H,3-6,17-18,23-24H2,1-2H3. The average Bonchev–Trinajstić information content (AvgIpc) is 3.56. The lowest BCUT2D eigenvalue weighted by atomic mass is 10.0. The van der Waals surface area contributed by atoms with E-state index in [-0.39, 0.29) is 0 Å². The molecule has 0 N–H and O–H groups in total. The van der Waals surface area contributed by atoms with Gasteiger partial charge in [-0.1, -0.05) is 112 Å². The summed E-state index contributed by atoms with van der Waals surface area (Å²) in [7, 11) is 0. The molecule has 0 aliphatic heterocycles. The smallest absolute Gasteiger partial charge is 0.123 e. The van der Waals surface area contributed by atoms with Gasteiger partial charge in [-0.2, -0.15) is 0 Å². The van der Waals surface area contributed by atoms with Crippen LogP contribution in [0, 0.1) is 0 Å². The van der Waals surface area contributed by atoms with Crippen LogP contribution in [0.5, 0.6) is 0 Å². The van der Waals surface area contributed by atoms with E-state index in [0.29, 0.717) is 0 Å². The molecule has 0 bridgehead atoms. The van der Waals surface area contributed by atoms with Crippen molar-refractivity contribution in [3.8, 4) is 21.1 Å². The first-order valence-electron chi connectivity index (χ1n) is 13.9. The molecule has 2 nitrogen and oxygen atoms in total. The first-order valence-corrected chi connectivity index (χ1v) is 15.5. The van der Waals surface area contributed by atoms with Gasteiger partial charge in [-0.05, 0) is 36.8 Å². The summed E-state index contributed by atoms with van der Waals surface area (Å²) in [6.45, 7) is 4.52. The Bertz CT molecular complexity index is 1310. The zero-order chi connectivity index (χ0) is 26.2. The van der Waals surface area contributed by atoms with Gasteiger partial charge in [-0.3, -0.25) is 0 Å². The van der Waals surface area contributed by atoms with Crippen LogP contribution in [-0.2, 0) is 25.7 Å². The third-order valence-electron chi connectivity index (χ3n) is 6.88. The number of hydrogen-bond donors (Lipinski definition) is 0. The minimum atomic E-state index is 0.888. The maximum atomic E-state index is 5.10. The van der Waals surface area contributed by atoms with Gasteiger partial charge in [-0.25, -0.2) is 9.97 Å². The molecule has 3 aromatic carbocycles. The van der Waals surface area contributed by atoms with Crippen molar-refractivity contribution in [3.05, 3.63) is 117 Å². The van der Waals surface area contributed by atoms with Gasteiger partial charge < -0.3 is 0 Å². The Morgan fingerprint density at radius 1 is 0.526 bits per heavy atom. The number of aromatic nitrogens is 2. The number of thiazole rings is 2. The first kappa shape index (κ1) is 26.5. The molecule has 4 heteroatoms. The number of aryl methyl sites for hydroxylation is 2. The molecular formula is C34H36N2S2. The van der Waals surface area contributed by atoms with Gasteiger partial charge in [-0.15, -0.1) is 22.7 Å². The maximum Gasteiger partial charge on any atom is 0.123 e. The van der Waals surface area contributed by atoms with E-state index in [1.165, 1.54) is 69.1 Å². The van der Waals surface area contributed by atoms with E-state index < -0.39 is 0 Å². The van der Waals surface area contributed by atoms with Crippen LogP contribution in [0.15, 0.2) is 84.9 Å². The molecule has 2 heterocycles. The van der Waals surface area contributed by atoms with Crippen molar-refractivity contribution >= 4 is 22.7 Å². The summed E-state index contributed by atoms with van der Waals surface area (Å²) >= 11 is 3.73. The second-order valence-electron chi connectivity index (χ2n) is 9.89. The van der Waals surface area contributed by atoms with Crippen molar-refractivity contribution in [2.75, 3.05) is 0 Å². The van der Waals surface area contributed by atoms with Gasteiger partial charge in [0.1, 0.15) is 10.0 Å². The van der Waals surface area contributed by atoms with Gasteiger partial charge >= 0.3 is 0 Å². The highest BCUT2D eigenvalue weighted by Crippen LogP contribution is 2.32. The minimum absolute atomic E-state index is 0.888. The summed E-state index contributed by atoms with van der Waals surface area (Å²) in [6, 6.07) is 30.3. The number of rotatable bonds is 12. The van der Waals surface area contributed by atoms with E-state index in [1.54, 1.807) is 0 Å². The van der Waals surface area contributed by atoms with Crippen molar-refractivity contribution in [1.82, 2.24) is 9.97 Å². The molecule has 0 radical (unpaired) electrons. The predicted molar refractivity (Wildman–Crippen MR) is 164 cm³/mol. The van der Waals surface area contributed by atoms with E-state index in [9.17, 15) is 0 Å². The molecule has 0 atom stereocenters. The molecule has 5 rings (SSSR count). The topological polar surface area (TPSA) is 25.8 Å². The molecule has 0 amide bonds. The zero-order valence-corrected chi connectivity index (χ0v) is 24.1. The fraction of sp³-hybridized carbons (Fsp3) is 0.294. The number of unbranched alkanes of at least 4 members (excludes halogenated alkanes) is 2. The van der Waals surface area contributed by atoms with Gasteiger partial charge in [0, 0.05) is 33.7 Å². The van der Waals surface area contributed by atoms with Crippen molar-refractivity contribution in [2.24, 2.45) is 0 Å². The molecule has 0 saturated heterocycles. The molecule has 5 aromatic rings. The summed E-state index contributed by atoms with van der Waals surface area (Å²) in [4.78, 5) is 13.1. The van der Waals surface area contributed by atoms with Crippen molar-refractivity contribution in [3.63, 3.8) is 0 Å². The molecule has 0 aliphatic rings. The Labute approximate surface area is 235 Å². The Morgan fingerprint density at radius 3 is 1.29 bits per heavy atom. The highest BCUT2D eigenvalue weighted by molar-refractivity contribution is 7.15. The van der Waals surface area contributed by atoms with Gasteiger partial charge in [0.25, 0.3) is 0 Å². The number of nitrogens with zero attached hydrogens (tertiary/aromatic N) is 2. The number of benzene rings is 3. The molecule has 0 spiro atoms. The van der Waals surface area contributed by atoms with Crippen LogP contribution < -0.4 is 0 Å². The lowest BCUT2D eigenvalue weighted by Crippen LogP contribution is -1.97. The fourth-order valence-corrected chi connectivity index (χ4v) is 6.93. The van der Waals surface area contributed by atoms with Crippen LogP contribution in [0.3, 0.4) is 0 Å². The largest absolute Gasteiger partial charge is 0.240 e. The minimum Gasteiger partial charge on any atom is -0.240 e. The molecule has 0 aliphatic carbocycles. The normalized spacial score (nSPS) is 11.2. The van der Waals surface area contributed by atoms with Crippen molar-refractivity contribution < 1.29 is 0 Å². The lowest BCUT2D eigenvalue weighted by Gasteiger charge is -2.06. The van der Waals surface area contributed by atoms with Crippen LogP contribution in [0.1, 0.15) is 71.8 Å². The molecule has 2 aromatic heterocycles. The first-order chi connectivity index (χ1) is 18.7. The van der Waals surface area contributed by atoms with E-state index in [4.69, 9.17) is 9.97 Å². The molecule has 194 valence electrons. The Hall–Kier alpha value is -3.08. The third kappa shape index (κ3) is 6.67. The van der Waals surface area contributed by atoms with Gasteiger partial charge in [0.2, 0.25) is 0 Å². The molecule has 38 heavy (non-hydrogen) atoms. The summed E-state index contributed by atoms with van der Waals surface area (Å²) < 4.78 is 0. The van der Waals surface area contributed by atoms with Gasteiger partial charge in [0.05, 0.1) is 11.4 Å². The molecule has 0 saturated carbocycles. The van der Waals surface area contributed by atoms with Crippen LogP contribution in [0.25, 0.3) is 21.1 Å². The second kappa shape index (κ2) is 13.1. The predicted octanol–water partition coefficient (Wildman–Crippen LogP) is 9.80. The van der Waals surface area contributed by atoms with E-state index in [0.717, 1.165) is 35.7 Å². The Balaban J connectivity index is 1.33. The Morgan fingerprint density at radius 2 is 0.921 bits per heavy atom. The monoisotopic (exact) mass is 536 g/mol. The zero-order valence-electron chi connectivity index (χ0n) is 22.5. The molecular weight excluding hydrogens is 501 g/mol. The summed E-state index contributed by atoms with van der Waals surface area (Å²) in [5.41, 5.74) is 7.56. The molecule has 0 unspecified atom stereocenters. The van der Waals surface area contributed by atoms with Crippen LogP contribution in [0.2, 0.25) is 0 Å². The molecule has 0 fully saturated rings. The van der Waals surface area contributed by atoms with Crippen molar-refractivity contribution in [1.29, 1.82) is 0 Å². The summed E-state index contributed by atoms with van der Waals surface area (Å²) in [6.07, 6.45) is 8.83. The third-order valence-corrected chi connectivity index (χ3v) is 9.29. The van der Waals surface area contributed by atoms with Crippen molar-refractivity contribution in [2.45, 2.75) is 65.2 Å². The van der Waals surface area contributed by atoms with Gasteiger partial charge in [0.15, 0.2) is 0 Å². The number of hydrogen-bond acceptors (Lipinski definition) is 4. The van der Waals surface area contributed by atoms with Crippen LogP contribution in [0.4, 0.5) is 0 Å². The maximum absolute atomic E-state index is 5.10. The lowest BCUT2D eigenvalue weighted by molar-refractivity contribution is 0.795. The second-order valence-corrected chi connectivity index (χ2v) is 12.1. The highest BCUT2D eigenvalue weighted by Gasteiger charge is 2.15. The summed E-state index contributed by atoms with van der Waals surface area (Å²) in [5, 5.41) is 2.28. The van der Waals surface area contributed by atoms with Crippen LogP contribution >= 0.6 is 22.7 Å². The van der Waals surface area contributed by atoms with E-state index >= 15 is 0 Å². The SMILES string of the molecule is CCCCc1sc(-c2ccccc2)nc1Cc1ccc(Cc2nc(-c3ccccc3)sc2CCCC)cc1. The fourth-order valence-electron chi connectivity index (χ4n) is 4.68. The highest BCUT2D eigenvalue weighted by atomic mass is 32.1. The summed E-state index contributed by atoms with van der Waals surface area (Å²) in [5.74, 6) is 0. The average molecular weight is 537 g/mol. The Kier molecular flexibility index (Phi) is 9.16. The van der Waals surface area contributed by atoms with Crippen LogP contribution in [-0.4, -0.2) is 9.97 Å². The quantitative estimate of drug-likeness (QED) is 0.159. The van der Waals surface area contributed by atoms with E-state index in [2.05, 4.69) is 98.8 Å².